The first-order chi connectivity index (χ1) is 9.88. The number of aromatic carboxylic acids is 1. The van der Waals surface area contributed by atoms with E-state index in [1.165, 1.54) is 0 Å². The van der Waals surface area contributed by atoms with Crippen molar-refractivity contribution in [3.05, 3.63) is 29.6 Å². The lowest BCUT2D eigenvalue weighted by atomic mass is 9.95. The standard InChI is InChI=1S/C15H19FN2O3/c1-9(2)11-5-6-18(8-11)15(21)17-13-7-10(14(19)20)3-4-12(13)16/h3-4,7,9,11H,5-6,8H2,1-2H3,(H,17,21)(H,19,20). The third kappa shape index (κ3) is 3.51. The summed E-state index contributed by atoms with van der Waals surface area (Å²) < 4.78 is 13.7. The van der Waals surface area contributed by atoms with Crippen LogP contribution in [0.25, 0.3) is 0 Å². The summed E-state index contributed by atoms with van der Waals surface area (Å²) in [4.78, 5) is 24.6. The molecule has 0 aromatic heterocycles. The van der Waals surface area contributed by atoms with Gasteiger partial charge in [-0.05, 0) is 36.5 Å². The predicted octanol–water partition coefficient (Wildman–Crippen LogP) is 3.03. The fourth-order valence-corrected chi connectivity index (χ4v) is 2.46. The molecule has 2 N–H and O–H groups in total. The van der Waals surface area contributed by atoms with Gasteiger partial charge in [0, 0.05) is 13.1 Å². The van der Waals surface area contributed by atoms with Crippen molar-refractivity contribution in [2.45, 2.75) is 20.3 Å². The van der Waals surface area contributed by atoms with Crippen LogP contribution in [-0.4, -0.2) is 35.1 Å². The molecule has 21 heavy (non-hydrogen) atoms. The van der Waals surface area contributed by atoms with E-state index in [1.54, 1.807) is 4.90 Å². The van der Waals surface area contributed by atoms with Crippen LogP contribution in [0, 0.1) is 17.7 Å². The summed E-state index contributed by atoms with van der Waals surface area (Å²) in [6, 6.07) is 2.95. The van der Waals surface area contributed by atoms with Gasteiger partial charge >= 0.3 is 12.0 Å². The Balaban J connectivity index is 2.06. The molecule has 1 aliphatic rings. The molecule has 1 heterocycles. The van der Waals surface area contributed by atoms with Gasteiger partial charge in [0.15, 0.2) is 0 Å². The number of carboxylic acid groups (broad SMARTS) is 1. The summed E-state index contributed by atoms with van der Waals surface area (Å²) in [5, 5.41) is 11.4. The molecule has 1 fully saturated rings. The SMILES string of the molecule is CC(C)C1CCN(C(=O)Nc2cc(C(=O)O)ccc2F)C1. The molecule has 1 aromatic rings. The van der Waals surface area contributed by atoms with E-state index in [4.69, 9.17) is 5.11 Å². The van der Waals surface area contributed by atoms with E-state index in [2.05, 4.69) is 19.2 Å². The Bertz CT molecular complexity index is 560. The van der Waals surface area contributed by atoms with Gasteiger partial charge in [-0.15, -0.1) is 0 Å². The molecule has 1 unspecified atom stereocenters. The summed E-state index contributed by atoms with van der Waals surface area (Å²) in [6.07, 6.45) is 0.933. The predicted molar refractivity (Wildman–Crippen MR) is 76.9 cm³/mol. The molecule has 114 valence electrons. The van der Waals surface area contributed by atoms with Crippen LogP contribution in [0.3, 0.4) is 0 Å². The number of nitrogens with zero attached hydrogens (tertiary/aromatic N) is 1. The largest absolute Gasteiger partial charge is 0.478 e. The Labute approximate surface area is 122 Å². The number of urea groups is 1. The first-order valence-corrected chi connectivity index (χ1v) is 6.97. The highest BCUT2D eigenvalue weighted by molar-refractivity contribution is 5.93. The van der Waals surface area contributed by atoms with Crippen molar-refractivity contribution < 1.29 is 19.1 Å². The van der Waals surface area contributed by atoms with Crippen molar-refractivity contribution in [1.82, 2.24) is 4.90 Å². The van der Waals surface area contributed by atoms with Gasteiger partial charge in [-0.3, -0.25) is 0 Å². The van der Waals surface area contributed by atoms with Crippen molar-refractivity contribution in [3.63, 3.8) is 0 Å². The molecule has 1 aliphatic heterocycles. The number of anilines is 1. The highest BCUT2D eigenvalue weighted by atomic mass is 19.1. The molecular weight excluding hydrogens is 275 g/mol. The van der Waals surface area contributed by atoms with Gasteiger partial charge in [-0.25, -0.2) is 14.0 Å². The maximum atomic E-state index is 13.7. The minimum Gasteiger partial charge on any atom is -0.478 e. The maximum absolute atomic E-state index is 13.7. The molecule has 1 atom stereocenters. The topological polar surface area (TPSA) is 69.6 Å². The van der Waals surface area contributed by atoms with Crippen LogP contribution in [0.2, 0.25) is 0 Å². The minimum atomic E-state index is -1.16. The number of hydrogen-bond acceptors (Lipinski definition) is 2. The number of amides is 2. The van der Waals surface area contributed by atoms with Gasteiger partial charge in [0.25, 0.3) is 0 Å². The van der Waals surface area contributed by atoms with Crippen molar-refractivity contribution in [2.75, 3.05) is 18.4 Å². The lowest BCUT2D eigenvalue weighted by Crippen LogP contribution is -2.33. The van der Waals surface area contributed by atoms with E-state index in [1.807, 2.05) is 0 Å². The number of rotatable bonds is 3. The zero-order chi connectivity index (χ0) is 15.6. The monoisotopic (exact) mass is 294 g/mol. The Morgan fingerprint density at radius 2 is 2.14 bits per heavy atom. The highest BCUT2D eigenvalue weighted by Gasteiger charge is 2.28. The van der Waals surface area contributed by atoms with Gasteiger partial charge < -0.3 is 15.3 Å². The first kappa shape index (κ1) is 15.3. The molecule has 0 saturated carbocycles. The van der Waals surface area contributed by atoms with E-state index in [9.17, 15) is 14.0 Å². The summed E-state index contributed by atoms with van der Waals surface area (Å²) in [7, 11) is 0. The molecule has 0 aliphatic carbocycles. The van der Waals surface area contributed by atoms with Crippen molar-refractivity contribution in [1.29, 1.82) is 0 Å². The molecule has 0 bridgehead atoms. The van der Waals surface area contributed by atoms with E-state index in [0.717, 1.165) is 24.6 Å². The van der Waals surface area contributed by atoms with E-state index >= 15 is 0 Å². The fraction of sp³-hybridized carbons (Fsp3) is 0.467. The Morgan fingerprint density at radius 3 is 2.71 bits per heavy atom. The number of benzene rings is 1. The number of likely N-dealkylation sites (tertiary alicyclic amines) is 1. The summed E-state index contributed by atoms with van der Waals surface area (Å²) >= 11 is 0. The number of carbonyl (C=O) groups is 2. The minimum absolute atomic E-state index is 0.0619. The quantitative estimate of drug-likeness (QED) is 0.900. The third-order valence-electron chi connectivity index (χ3n) is 3.91. The second-order valence-corrected chi connectivity index (χ2v) is 5.67. The van der Waals surface area contributed by atoms with Crippen molar-refractivity contribution in [2.24, 2.45) is 11.8 Å². The van der Waals surface area contributed by atoms with Gasteiger partial charge in [0.05, 0.1) is 11.3 Å². The number of hydrogen-bond donors (Lipinski definition) is 2. The van der Waals surface area contributed by atoms with Crippen LogP contribution in [0.5, 0.6) is 0 Å². The van der Waals surface area contributed by atoms with Gasteiger partial charge in [0.1, 0.15) is 5.82 Å². The number of halogens is 1. The number of carboxylic acids is 1. The lowest BCUT2D eigenvalue weighted by molar-refractivity contribution is 0.0697. The molecule has 5 nitrogen and oxygen atoms in total. The number of carbonyl (C=O) groups excluding carboxylic acids is 1. The smallest absolute Gasteiger partial charge is 0.335 e. The average molecular weight is 294 g/mol. The van der Waals surface area contributed by atoms with Crippen LogP contribution in [0.1, 0.15) is 30.6 Å². The lowest BCUT2D eigenvalue weighted by Gasteiger charge is -2.19. The Hall–Kier alpha value is -2.11. The summed E-state index contributed by atoms with van der Waals surface area (Å²) in [6.45, 7) is 5.50. The van der Waals surface area contributed by atoms with Crippen LogP contribution < -0.4 is 5.32 Å². The van der Waals surface area contributed by atoms with Crippen molar-refractivity contribution >= 4 is 17.7 Å². The van der Waals surface area contributed by atoms with Gasteiger partial charge in [0.2, 0.25) is 0 Å². The first-order valence-electron chi connectivity index (χ1n) is 6.97. The molecule has 2 amide bonds. The Morgan fingerprint density at radius 1 is 1.43 bits per heavy atom. The summed E-state index contributed by atoms with van der Waals surface area (Å²) in [5.74, 6) is -0.861. The summed E-state index contributed by atoms with van der Waals surface area (Å²) in [5.41, 5.74) is -0.166. The maximum Gasteiger partial charge on any atom is 0.335 e. The van der Waals surface area contributed by atoms with Crippen LogP contribution in [0.15, 0.2) is 18.2 Å². The molecule has 0 radical (unpaired) electrons. The average Bonchev–Trinajstić information content (AvgIpc) is 2.90. The van der Waals surface area contributed by atoms with E-state index < -0.39 is 11.8 Å². The van der Waals surface area contributed by atoms with Crippen LogP contribution >= 0.6 is 0 Å². The third-order valence-corrected chi connectivity index (χ3v) is 3.91. The van der Waals surface area contributed by atoms with Crippen molar-refractivity contribution in [3.8, 4) is 0 Å². The molecule has 2 rings (SSSR count). The van der Waals surface area contributed by atoms with E-state index in [-0.39, 0.29) is 17.3 Å². The zero-order valence-electron chi connectivity index (χ0n) is 12.1. The molecule has 1 saturated heterocycles. The molecule has 0 spiro atoms. The molecule has 1 aromatic carbocycles. The fourth-order valence-electron chi connectivity index (χ4n) is 2.46. The number of nitrogens with one attached hydrogen (secondary N) is 1. The van der Waals surface area contributed by atoms with Gasteiger partial charge in [-0.1, -0.05) is 13.8 Å². The molecular formula is C15H19FN2O3. The van der Waals surface area contributed by atoms with Crippen LogP contribution in [0.4, 0.5) is 14.9 Å². The van der Waals surface area contributed by atoms with Crippen LogP contribution in [-0.2, 0) is 0 Å². The highest BCUT2D eigenvalue weighted by Crippen LogP contribution is 2.24. The van der Waals surface area contributed by atoms with Gasteiger partial charge in [-0.2, -0.15) is 0 Å². The normalized spacial score (nSPS) is 18.1. The second-order valence-electron chi connectivity index (χ2n) is 5.67. The second kappa shape index (κ2) is 6.11. The Kier molecular flexibility index (Phi) is 4.45. The van der Waals surface area contributed by atoms with E-state index in [0.29, 0.717) is 24.9 Å². The molecule has 6 heteroatoms. The zero-order valence-corrected chi connectivity index (χ0v) is 12.1.